The van der Waals surface area contributed by atoms with E-state index in [1.54, 1.807) is 12.1 Å². The number of para-hydroxylation sites is 1. The molecule has 1 atom stereocenters. The molecule has 2 N–H and O–H groups in total. The van der Waals surface area contributed by atoms with E-state index in [2.05, 4.69) is 12.2 Å². The van der Waals surface area contributed by atoms with Crippen molar-refractivity contribution in [3.8, 4) is 5.75 Å². The highest BCUT2D eigenvalue weighted by atomic mass is 35.5. The average Bonchev–Trinajstić information content (AvgIpc) is 2.36. The molecule has 0 bridgehead atoms. The quantitative estimate of drug-likeness (QED) is 0.806. The first-order chi connectivity index (χ1) is 9.10. The number of hydrogen-bond acceptors (Lipinski definition) is 2. The van der Waals surface area contributed by atoms with Crippen molar-refractivity contribution in [2.75, 3.05) is 5.32 Å². The van der Waals surface area contributed by atoms with E-state index in [9.17, 15) is 5.11 Å². The van der Waals surface area contributed by atoms with Crippen molar-refractivity contribution in [2.45, 2.75) is 19.4 Å². The Hall–Kier alpha value is -1.38. The highest BCUT2D eigenvalue weighted by Gasteiger charge is 2.13. The van der Waals surface area contributed by atoms with Crippen LogP contribution in [0, 0.1) is 0 Å². The fraction of sp³-hybridized carbons (Fsp3) is 0.200. The second kappa shape index (κ2) is 6.18. The van der Waals surface area contributed by atoms with Crippen molar-refractivity contribution in [1.29, 1.82) is 0 Å². The van der Waals surface area contributed by atoms with Crippen molar-refractivity contribution in [1.82, 2.24) is 0 Å². The number of hydrogen-bond donors (Lipinski definition) is 2. The molecule has 2 rings (SSSR count). The summed E-state index contributed by atoms with van der Waals surface area (Å²) in [7, 11) is 0. The van der Waals surface area contributed by atoms with E-state index in [1.807, 2.05) is 30.3 Å². The van der Waals surface area contributed by atoms with Crippen LogP contribution >= 0.6 is 23.2 Å². The number of rotatable bonds is 4. The lowest BCUT2D eigenvalue weighted by molar-refractivity contribution is 0.463. The molecule has 2 nitrogen and oxygen atoms in total. The van der Waals surface area contributed by atoms with Crippen LogP contribution in [0.3, 0.4) is 0 Å². The summed E-state index contributed by atoms with van der Waals surface area (Å²) in [5.41, 5.74) is 1.70. The van der Waals surface area contributed by atoms with Gasteiger partial charge in [-0.05, 0) is 30.7 Å². The van der Waals surface area contributed by atoms with Gasteiger partial charge in [0.25, 0.3) is 0 Å². The van der Waals surface area contributed by atoms with Crippen LogP contribution in [0.2, 0.25) is 10.0 Å². The van der Waals surface area contributed by atoms with Crippen LogP contribution in [0.1, 0.15) is 24.9 Å². The summed E-state index contributed by atoms with van der Waals surface area (Å²) < 4.78 is 0. The molecule has 4 heteroatoms. The third-order valence-corrected chi connectivity index (χ3v) is 3.36. The molecule has 19 heavy (non-hydrogen) atoms. The molecular weight excluding hydrogens is 281 g/mol. The van der Waals surface area contributed by atoms with Crippen LogP contribution in [-0.2, 0) is 0 Å². The first kappa shape index (κ1) is 14.0. The van der Waals surface area contributed by atoms with E-state index < -0.39 is 0 Å². The maximum atomic E-state index is 9.91. The summed E-state index contributed by atoms with van der Waals surface area (Å²) in [5.74, 6) is 0.287. The summed E-state index contributed by atoms with van der Waals surface area (Å²) in [5, 5.41) is 14.4. The molecule has 0 aliphatic rings. The predicted octanol–water partition coefficient (Wildman–Crippen LogP) is 5.26. The minimum absolute atomic E-state index is 0.00994. The fourth-order valence-corrected chi connectivity index (χ4v) is 2.55. The number of nitrogens with one attached hydrogen (secondary N) is 1. The van der Waals surface area contributed by atoms with Crippen LogP contribution < -0.4 is 5.32 Å². The molecular formula is C15H15Cl2NO. The van der Waals surface area contributed by atoms with Crippen LogP contribution in [0.25, 0.3) is 0 Å². The molecule has 0 amide bonds. The molecule has 0 aliphatic heterocycles. The second-order valence-corrected chi connectivity index (χ2v) is 5.19. The molecule has 0 fully saturated rings. The van der Waals surface area contributed by atoms with Gasteiger partial charge in [-0.1, -0.05) is 48.3 Å². The molecule has 0 heterocycles. The highest BCUT2D eigenvalue weighted by molar-refractivity contribution is 6.35. The predicted molar refractivity (Wildman–Crippen MR) is 81.2 cm³/mol. The van der Waals surface area contributed by atoms with Crippen molar-refractivity contribution < 1.29 is 5.11 Å². The number of halogens is 2. The van der Waals surface area contributed by atoms with Crippen LogP contribution in [0.5, 0.6) is 5.75 Å². The molecule has 0 saturated carbocycles. The lowest BCUT2D eigenvalue weighted by Crippen LogP contribution is -2.09. The Bertz CT molecular complexity index is 552. The molecule has 0 aliphatic carbocycles. The Labute approximate surface area is 123 Å². The maximum Gasteiger partial charge on any atom is 0.120 e. The van der Waals surface area contributed by atoms with Gasteiger partial charge in [0.1, 0.15) is 5.75 Å². The summed E-state index contributed by atoms with van der Waals surface area (Å²) in [4.78, 5) is 0. The first-order valence-electron chi connectivity index (χ1n) is 6.10. The van der Waals surface area contributed by atoms with Crippen molar-refractivity contribution in [3.05, 3.63) is 58.1 Å². The molecule has 100 valence electrons. The third-order valence-electron chi connectivity index (χ3n) is 2.92. The minimum Gasteiger partial charge on any atom is -0.508 e. The van der Waals surface area contributed by atoms with Gasteiger partial charge in [0.2, 0.25) is 0 Å². The summed E-state index contributed by atoms with van der Waals surface area (Å²) in [6.45, 7) is 2.05. The van der Waals surface area contributed by atoms with E-state index in [0.717, 1.165) is 17.7 Å². The molecule has 0 spiro atoms. The Morgan fingerprint density at radius 1 is 1.11 bits per heavy atom. The zero-order valence-corrected chi connectivity index (χ0v) is 12.0. The van der Waals surface area contributed by atoms with Crippen LogP contribution in [-0.4, -0.2) is 5.11 Å². The van der Waals surface area contributed by atoms with Crippen LogP contribution in [0.4, 0.5) is 5.69 Å². The smallest absolute Gasteiger partial charge is 0.120 e. The van der Waals surface area contributed by atoms with Gasteiger partial charge in [-0.2, -0.15) is 0 Å². The van der Waals surface area contributed by atoms with Gasteiger partial charge in [0.15, 0.2) is 0 Å². The SMILES string of the molecule is CCC(Nc1cc(Cl)cc(Cl)c1)c1ccccc1O. The number of phenols is 1. The number of phenolic OH excluding ortho intramolecular Hbond substituents is 1. The van der Waals surface area contributed by atoms with Crippen molar-refractivity contribution >= 4 is 28.9 Å². The van der Waals surface area contributed by atoms with E-state index >= 15 is 0 Å². The lowest BCUT2D eigenvalue weighted by atomic mass is 10.0. The van der Waals surface area contributed by atoms with Gasteiger partial charge in [0, 0.05) is 21.3 Å². The Balaban J connectivity index is 2.26. The third kappa shape index (κ3) is 3.55. The van der Waals surface area contributed by atoms with Gasteiger partial charge in [-0.25, -0.2) is 0 Å². The molecule has 0 saturated heterocycles. The topological polar surface area (TPSA) is 32.3 Å². The zero-order valence-electron chi connectivity index (χ0n) is 10.5. The molecule has 0 radical (unpaired) electrons. The van der Waals surface area contributed by atoms with Gasteiger partial charge < -0.3 is 10.4 Å². The summed E-state index contributed by atoms with van der Waals surface area (Å²) in [6, 6.07) is 12.6. The van der Waals surface area contributed by atoms with E-state index in [4.69, 9.17) is 23.2 Å². The maximum absolute atomic E-state index is 9.91. The fourth-order valence-electron chi connectivity index (χ4n) is 2.02. The standard InChI is InChI=1S/C15H15Cl2NO/c1-2-14(13-5-3-4-6-15(13)19)18-12-8-10(16)7-11(17)9-12/h3-9,14,18-19H,2H2,1H3. The number of aromatic hydroxyl groups is 1. The molecule has 1 unspecified atom stereocenters. The average molecular weight is 296 g/mol. The lowest BCUT2D eigenvalue weighted by Gasteiger charge is -2.20. The Morgan fingerprint density at radius 2 is 1.74 bits per heavy atom. The van der Waals surface area contributed by atoms with Gasteiger partial charge in [0.05, 0.1) is 6.04 Å². The van der Waals surface area contributed by atoms with E-state index in [1.165, 1.54) is 0 Å². The zero-order chi connectivity index (χ0) is 13.8. The van der Waals surface area contributed by atoms with Gasteiger partial charge in [-0.3, -0.25) is 0 Å². The highest BCUT2D eigenvalue weighted by Crippen LogP contribution is 2.31. The largest absolute Gasteiger partial charge is 0.508 e. The minimum atomic E-state index is 0.00994. The van der Waals surface area contributed by atoms with E-state index in [-0.39, 0.29) is 11.8 Å². The normalized spacial score (nSPS) is 12.2. The number of anilines is 1. The van der Waals surface area contributed by atoms with Crippen molar-refractivity contribution in [3.63, 3.8) is 0 Å². The summed E-state index contributed by atoms with van der Waals surface area (Å²) in [6.07, 6.45) is 0.835. The first-order valence-corrected chi connectivity index (χ1v) is 6.86. The Kier molecular flexibility index (Phi) is 4.56. The monoisotopic (exact) mass is 295 g/mol. The van der Waals surface area contributed by atoms with Gasteiger partial charge >= 0.3 is 0 Å². The molecule has 0 aromatic heterocycles. The van der Waals surface area contributed by atoms with Crippen molar-refractivity contribution in [2.24, 2.45) is 0 Å². The molecule has 2 aromatic rings. The number of benzene rings is 2. The van der Waals surface area contributed by atoms with E-state index in [0.29, 0.717) is 10.0 Å². The summed E-state index contributed by atoms with van der Waals surface area (Å²) >= 11 is 12.0. The van der Waals surface area contributed by atoms with Gasteiger partial charge in [-0.15, -0.1) is 0 Å². The Morgan fingerprint density at radius 3 is 2.32 bits per heavy atom. The van der Waals surface area contributed by atoms with Crippen LogP contribution in [0.15, 0.2) is 42.5 Å². The second-order valence-electron chi connectivity index (χ2n) is 4.32. The molecule has 2 aromatic carbocycles.